The van der Waals surface area contributed by atoms with Gasteiger partial charge in [-0.25, -0.2) is 13.1 Å². The van der Waals surface area contributed by atoms with E-state index in [4.69, 9.17) is 0 Å². The molecule has 0 aromatic heterocycles. The minimum Gasteiger partial charge on any atom is -0.315 e. The zero-order chi connectivity index (χ0) is 15.6. The van der Waals surface area contributed by atoms with Crippen molar-refractivity contribution < 1.29 is 8.42 Å². The summed E-state index contributed by atoms with van der Waals surface area (Å²) >= 11 is 0. The second-order valence-electron chi connectivity index (χ2n) is 6.50. The van der Waals surface area contributed by atoms with Crippen LogP contribution in [0.5, 0.6) is 0 Å². The summed E-state index contributed by atoms with van der Waals surface area (Å²) in [4.78, 5) is 0. The number of hydrogen-bond acceptors (Lipinski definition) is 3. The Morgan fingerprint density at radius 3 is 2.30 bits per heavy atom. The largest absolute Gasteiger partial charge is 0.315 e. The van der Waals surface area contributed by atoms with Gasteiger partial charge in [-0.2, -0.15) is 0 Å². The van der Waals surface area contributed by atoms with Gasteiger partial charge in [0.15, 0.2) is 0 Å². The van der Waals surface area contributed by atoms with Gasteiger partial charge in [-0.05, 0) is 31.7 Å². The predicted octanol–water partition coefficient (Wildman–Crippen LogP) is 2.90. The first-order chi connectivity index (χ1) is 9.25. The van der Waals surface area contributed by atoms with Gasteiger partial charge in [0.05, 0.1) is 5.25 Å². The Morgan fingerprint density at radius 1 is 1.10 bits per heavy atom. The van der Waals surface area contributed by atoms with Crippen LogP contribution >= 0.6 is 0 Å². The normalized spacial score (nSPS) is 14.4. The Kier molecular flexibility index (Phi) is 9.68. The van der Waals surface area contributed by atoms with Crippen LogP contribution in [0.2, 0.25) is 0 Å². The Hall–Kier alpha value is -0.130. The molecule has 0 saturated carbocycles. The van der Waals surface area contributed by atoms with E-state index in [0.29, 0.717) is 13.1 Å². The van der Waals surface area contributed by atoms with Crippen molar-refractivity contribution >= 4 is 10.0 Å². The number of sulfonamides is 1. The smallest absolute Gasteiger partial charge is 0.215 e. The van der Waals surface area contributed by atoms with Gasteiger partial charge in [0, 0.05) is 13.1 Å². The fraction of sp³-hybridized carbons (Fsp3) is 1.00. The number of hydrogen-bond donors (Lipinski definition) is 2. The van der Waals surface area contributed by atoms with Crippen LogP contribution in [0.25, 0.3) is 0 Å². The van der Waals surface area contributed by atoms with Crippen molar-refractivity contribution in [2.75, 3.05) is 19.6 Å². The highest BCUT2D eigenvalue weighted by Crippen LogP contribution is 2.23. The summed E-state index contributed by atoms with van der Waals surface area (Å²) < 4.78 is 27.1. The molecule has 0 aliphatic carbocycles. The van der Waals surface area contributed by atoms with Crippen molar-refractivity contribution in [1.82, 2.24) is 10.0 Å². The van der Waals surface area contributed by atoms with E-state index in [-0.39, 0.29) is 10.7 Å². The molecule has 0 rings (SSSR count). The first kappa shape index (κ1) is 19.9. The highest BCUT2D eigenvalue weighted by molar-refractivity contribution is 7.90. The molecule has 5 heteroatoms. The molecule has 1 atom stereocenters. The van der Waals surface area contributed by atoms with Gasteiger partial charge in [-0.15, -0.1) is 0 Å². The third-order valence-electron chi connectivity index (χ3n) is 3.60. The van der Waals surface area contributed by atoms with Gasteiger partial charge in [-0.1, -0.05) is 47.0 Å². The van der Waals surface area contributed by atoms with E-state index in [1.54, 1.807) is 6.92 Å². The van der Waals surface area contributed by atoms with Crippen LogP contribution in [0, 0.1) is 5.41 Å². The molecule has 0 heterocycles. The van der Waals surface area contributed by atoms with Crippen molar-refractivity contribution in [3.63, 3.8) is 0 Å². The van der Waals surface area contributed by atoms with Gasteiger partial charge in [0.2, 0.25) is 10.0 Å². The zero-order valence-corrected chi connectivity index (χ0v) is 14.8. The van der Waals surface area contributed by atoms with Crippen molar-refractivity contribution in [3.8, 4) is 0 Å². The lowest BCUT2D eigenvalue weighted by Crippen LogP contribution is -2.42. The summed E-state index contributed by atoms with van der Waals surface area (Å²) in [6, 6.07) is 0. The van der Waals surface area contributed by atoms with E-state index in [9.17, 15) is 8.42 Å². The molecular weight excluding hydrogens is 272 g/mol. The highest BCUT2D eigenvalue weighted by Gasteiger charge is 2.24. The standard InChI is InChI=1S/C15H34N2O2S/c1-6-8-9-10-15(4,5)13-17-20(18,19)14(3)12-16-11-7-2/h14,16-17H,6-13H2,1-5H3. The van der Waals surface area contributed by atoms with Crippen LogP contribution in [0.15, 0.2) is 0 Å². The molecule has 1 unspecified atom stereocenters. The van der Waals surface area contributed by atoms with Gasteiger partial charge in [-0.3, -0.25) is 0 Å². The van der Waals surface area contributed by atoms with E-state index >= 15 is 0 Å². The molecule has 4 nitrogen and oxygen atoms in total. The summed E-state index contributed by atoms with van der Waals surface area (Å²) in [6.07, 6.45) is 5.66. The molecule has 0 aliphatic heterocycles. The fourth-order valence-corrected chi connectivity index (χ4v) is 3.19. The Bertz CT molecular complexity index is 340. The van der Waals surface area contributed by atoms with E-state index < -0.39 is 10.0 Å². The average Bonchev–Trinajstić information content (AvgIpc) is 2.37. The topological polar surface area (TPSA) is 58.2 Å². The SMILES string of the molecule is CCCCCC(C)(C)CNS(=O)(=O)C(C)CNCCC. The van der Waals surface area contributed by atoms with E-state index in [1.165, 1.54) is 19.3 Å². The number of unbranched alkanes of at least 4 members (excludes halogenated alkanes) is 2. The second-order valence-corrected chi connectivity index (χ2v) is 8.69. The molecule has 0 bridgehead atoms. The number of rotatable bonds is 12. The maximum absolute atomic E-state index is 12.2. The van der Waals surface area contributed by atoms with Gasteiger partial charge < -0.3 is 5.32 Å². The lowest BCUT2D eigenvalue weighted by atomic mass is 9.87. The van der Waals surface area contributed by atoms with E-state index in [2.05, 4.69) is 37.7 Å². The minimum absolute atomic E-state index is 0.0266. The summed E-state index contributed by atoms with van der Waals surface area (Å²) in [5, 5.41) is 2.77. The van der Waals surface area contributed by atoms with Crippen molar-refractivity contribution in [1.29, 1.82) is 0 Å². The molecule has 0 saturated heterocycles. The lowest BCUT2D eigenvalue weighted by Gasteiger charge is -2.26. The minimum atomic E-state index is -3.22. The van der Waals surface area contributed by atoms with Crippen molar-refractivity contribution in [3.05, 3.63) is 0 Å². The number of nitrogens with one attached hydrogen (secondary N) is 2. The Labute approximate surface area is 126 Å². The molecule has 0 aromatic carbocycles. The van der Waals surface area contributed by atoms with Crippen LogP contribution in [-0.2, 0) is 10.0 Å². The van der Waals surface area contributed by atoms with Crippen molar-refractivity contribution in [2.24, 2.45) is 5.41 Å². The van der Waals surface area contributed by atoms with Gasteiger partial charge >= 0.3 is 0 Å². The van der Waals surface area contributed by atoms with E-state index in [0.717, 1.165) is 19.4 Å². The highest BCUT2D eigenvalue weighted by atomic mass is 32.2. The summed E-state index contributed by atoms with van der Waals surface area (Å²) in [6.45, 7) is 12.2. The molecule has 0 radical (unpaired) electrons. The Balaban J connectivity index is 4.18. The Morgan fingerprint density at radius 2 is 1.75 bits per heavy atom. The van der Waals surface area contributed by atoms with Gasteiger partial charge in [0.25, 0.3) is 0 Å². The quantitative estimate of drug-likeness (QED) is 0.545. The third-order valence-corrected chi connectivity index (χ3v) is 5.37. The first-order valence-electron chi connectivity index (χ1n) is 7.94. The average molecular weight is 307 g/mol. The van der Waals surface area contributed by atoms with Gasteiger partial charge in [0.1, 0.15) is 0 Å². The molecule has 0 amide bonds. The van der Waals surface area contributed by atoms with Crippen LogP contribution in [0.4, 0.5) is 0 Å². The molecule has 0 aromatic rings. The molecular formula is C15H34N2O2S. The molecule has 122 valence electrons. The van der Waals surface area contributed by atoms with Crippen LogP contribution in [-0.4, -0.2) is 33.3 Å². The van der Waals surface area contributed by atoms with Crippen LogP contribution in [0.1, 0.15) is 66.7 Å². The first-order valence-corrected chi connectivity index (χ1v) is 9.49. The summed E-state index contributed by atoms with van der Waals surface area (Å²) in [7, 11) is -3.22. The van der Waals surface area contributed by atoms with Crippen LogP contribution < -0.4 is 10.0 Å². The molecule has 0 aliphatic rings. The third kappa shape index (κ3) is 8.93. The fourth-order valence-electron chi connectivity index (χ4n) is 1.97. The van der Waals surface area contributed by atoms with Crippen molar-refractivity contribution in [2.45, 2.75) is 72.0 Å². The lowest BCUT2D eigenvalue weighted by molar-refractivity contribution is 0.320. The maximum atomic E-state index is 12.2. The van der Waals surface area contributed by atoms with Crippen LogP contribution in [0.3, 0.4) is 0 Å². The molecule has 20 heavy (non-hydrogen) atoms. The molecule has 0 fully saturated rings. The molecule has 2 N–H and O–H groups in total. The monoisotopic (exact) mass is 306 g/mol. The summed E-state index contributed by atoms with van der Waals surface area (Å²) in [5.41, 5.74) is 0.0266. The predicted molar refractivity (Wildman–Crippen MR) is 87.5 cm³/mol. The molecule has 0 spiro atoms. The second kappa shape index (κ2) is 9.74. The van der Waals surface area contributed by atoms with E-state index in [1.807, 2.05) is 0 Å². The maximum Gasteiger partial charge on any atom is 0.215 e. The summed E-state index contributed by atoms with van der Waals surface area (Å²) in [5.74, 6) is 0. The zero-order valence-electron chi connectivity index (χ0n) is 14.0.